The summed E-state index contributed by atoms with van der Waals surface area (Å²) in [5.41, 5.74) is 5.11. The Morgan fingerprint density at radius 1 is 0.900 bits per heavy atom. The SMILES string of the molecule is Cc1cccc(-c2nc(C)c(C)c(N3CCN(C(=O)Nc4ccccc4)CC3)n2)c1. The van der Waals surface area contributed by atoms with Gasteiger partial charge in [0.2, 0.25) is 0 Å². The Bertz CT molecular complexity index is 1040. The van der Waals surface area contributed by atoms with Crippen molar-refractivity contribution in [1.82, 2.24) is 14.9 Å². The summed E-state index contributed by atoms with van der Waals surface area (Å²) in [6.45, 7) is 8.97. The molecule has 0 radical (unpaired) electrons. The minimum absolute atomic E-state index is 0.0584. The molecular weight excluding hydrogens is 374 g/mol. The number of carbonyl (C=O) groups is 1. The monoisotopic (exact) mass is 401 g/mol. The Kier molecular flexibility index (Phi) is 5.65. The molecule has 1 N–H and O–H groups in total. The molecule has 6 heteroatoms. The summed E-state index contributed by atoms with van der Waals surface area (Å²) >= 11 is 0. The number of carbonyl (C=O) groups excluding carboxylic acids is 1. The first-order valence-electron chi connectivity index (χ1n) is 10.3. The summed E-state index contributed by atoms with van der Waals surface area (Å²) in [5.74, 6) is 1.71. The molecule has 1 aliphatic rings. The van der Waals surface area contributed by atoms with Crippen molar-refractivity contribution < 1.29 is 4.79 Å². The van der Waals surface area contributed by atoms with E-state index in [1.165, 1.54) is 5.56 Å². The largest absolute Gasteiger partial charge is 0.353 e. The Hall–Kier alpha value is -3.41. The summed E-state index contributed by atoms with van der Waals surface area (Å²) < 4.78 is 0. The Morgan fingerprint density at radius 2 is 1.63 bits per heavy atom. The summed E-state index contributed by atoms with van der Waals surface area (Å²) in [4.78, 5) is 26.3. The van der Waals surface area contributed by atoms with E-state index in [2.05, 4.69) is 36.2 Å². The third-order valence-corrected chi connectivity index (χ3v) is 5.53. The van der Waals surface area contributed by atoms with Crippen LogP contribution in [0, 0.1) is 20.8 Å². The Balaban J connectivity index is 1.48. The highest BCUT2D eigenvalue weighted by molar-refractivity contribution is 5.89. The molecule has 0 spiro atoms. The number of aromatic nitrogens is 2. The molecule has 2 aromatic carbocycles. The third-order valence-electron chi connectivity index (χ3n) is 5.53. The first-order valence-corrected chi connectivity index (χ1v) is 10.3. The van der Waals surface area contributed by atoms with E-state index in [1.807, 2.05) is 54.3 Å². The van der Waals surface area contributed by atoms with Crippen LogP contribution in [0.5, 0.6) is 0 Å². The number of hydrogen-bond donors (Lipinski definition) is 1. The van der Waals surface area contributed by atoms with Crippen LogP contribution in [0.3, 0.4) is 0 Å². The third kappa shape index (κ3) is 4.27. The molecule has 0 aliphatic carbocycles. The van der Waals surface area contributed by atoms with E-state index in [0.717, 1.165) is 47.2 Å². The molecular formula is C24H27N5O. The minimum Gasteiger partial charge on any atom is -0.353 e. The fraction of sp³-hybridized carbons (Fsp3) is 0.292. The van der Waals surface area contributed by atoms with E-state index < -0.39 is 0 Å². The maximum Gasteiger partial charge on any atom is 0.321 e. The lowest BCUT2D eigenvalue weighted by Crippen LogP contribution is -2.50. The number of urea groups is 1. The van der Waals surface area contributed by atoms with E-state index in [-0.39, 0.29) is 6.03 Å². The second kappa shape index (κ2) is 8.53. The van der Waals surface area contributed by atoms with Crippen molar-refractivity contribution in [2.45, 2.75) is 20.8 Å². The highest BCUT2D eigenvalue weighted by Crippen LogP contribution is 2.26. The van der Waals surface area contributed by atoms with Crippen molar-refractivity contribution in [3.63, 3.8) is 0 Å². The summed E-state index contributed by atoms with van der Waals surface area (Å²) in [7, 11) is 0. The average molecular weight is 402 g/mol. The van der Waals surface area contributed by atoms with Crippen LogP contribution in [-0.4, -0.2) is 47.1 Å². The number of piperazine rings is 1. The summed E-state index contributed by atoms with van der Waals surface area (Å²) in [6.07, 6.45) is 0. The highest BCUT2D eigenvalue weighted by atomic mass is 16.2. The summed E-state index contributed by atoms with van der Waals surface area (Å²) in [5, 5.41) is 2.97. The molecule has 2 amide bonds. The molecule has 2 heterocycles. The van der Waals surface area contributed by atoms with Gasteiger partial charge in [-0.15, -0.1) is 0 Å². The van der Waals surface area contributed by atoms with Gasteiger partial charge in [-0.3, -0.25) is 0 Å². The predicted molar refractivity (Wildman–Crippen MR) is 121 cm³/mol. The fourth-order valence-corrected chi connectivity index (χ4v) is 3.68. The zero-order chi connectivity index (χ0) is 21.1. The number of para-hydroxylation sites is 1. The van der Waals surface area contributed by atoms with Crippen molar-refractivity contribution in [1.29, 1.82) is 0 Å². The lowest BCUT2D eigenvalue weighted by molar-refractivity contribution is 0.208. The number of aryl methyl sites for hydroxylation is 2. The Morgan fingerprint density at radius 3 is 2.33 bits per heavy atom. The molecule has 1 aromatic heterocycles. The van der Waals surface area contributed by atoms with Gasteiger partial charge >= 0.3 is 6.03 Å². The molecule has 1 fully saturated rings. The first kappa shape index (κ1) is 19.9. The van der Waals surface area contributed by atoms with Crippen molar-refractivity contribution in [3.8, 4) is 11.4 Å². The lowest BCUT2D eigenvalue weighted by atomic mass is 10.1. The number of nitrogens with zero attached hydrogens (tertiary/aromatic N) is 4. The van der Waals surface area contributed by atoms with Crippen LogP contribution in [-0.2, 0) is 0 Å². The number of benzene rings is 2. The van der Waals surface area contributed by atoms with Crippen LogP contribution < -0.4 is 10.2 Å². The molecule has 1 aliphatic heterocycles. The molecule has 1 saturated heterocycles. The average Bonchev–Trinajstić information content (AvgIpc) is 2.76. The number of rotatable bonds is 3. The van der Waals surface area contributed by atoms with Crippen LogP contribution in [0.2, 0.25) is 0 Å². The van der Waals surface area contributed by atoms with Gasteiger partial charge in [-0.05, 0) is 39.0 Å². The molecule has 0 bridgehead atoms. The molecule has 0 unspecified atom stereocenters. The van der Waals surface area contributed by atoms with Gasteiger partial charge in [0.1, 0.15) is 5.82 Å². The topological polar surface area (TPSA) is 61.4 Å². The van der Waals surface area contributed by atoms with Crippen molar-refractivity contribution in [3.05, 3.63) is 71.4 Å². The second-order valence-corrected chi connectivity index (χ2v) is 7.72. The summed E-state index contributed by atoms with van der Waals surface area (Å²) in [6, 6.07) is 17.8. The number of nitrogens with one attached hydrogen (secondary N) is 1. The van der Waals surface area contributed by atoms with Crippen molar-refractivity contribution in [2.24, 2.45) is 0 Å². The van der Waals surface area contributed by atoms with Crippen molar-refractivity contribution in [2.75, 3.05) is 36.4 Å². The van der Waals surface area contributed by atoms with Gasteiger partial charge in [0, 0.05) is 48.7 Å². The molecule has 30 heavy (non-hydrogen) atoms. The normalized spacial score (nSPS) is 14.0. The number of amides is 2. The van der Waals surface area contributed by atoms with Gasteiger partial charge in [-0.25, -0.2) is 14.8 Å². The number of anilines is 2. The van der Waals surface area contributed by atoms with E-state index in [4.69, 9.17) is 9.97 Å². The fourth-order valence-electron chi connectivity index (χ4n) is 3.68. The van der Waals surface area contributed by atoms with Crippen LogP contribution in [0.15, 0.2) is 54.6 Å². The van der Waals surface area contributed by atoms with Crippen LogP contribution >= 0.6 is 0 Å². The van der Waals surface area contributed by atoms with E-state index in [9.17, 15) is 4.79 Å². The second-order valence-electron chi connectivity index (χ2n) is 7.72. The van der Waals surface area contributed by atoms with Gasteiger partial charge < -0.3 is 15.1 Å². The molecule has 0 atom stereocenters. The number of hydrogen-bond acceptors (Lipinski definition) is 4. The maximum atomic E-state index is 12.6. The van der Waals surface area contributed by atoms with Crippen LogP contribution in [0.1, 0.15) is 16.8 Å². The Labute approximate surface area is 177 Å². The zero-order valence-electron chi connectivity index (χ0n) is 17.7. The van der Waals surface area contributed by atoms with Crippen LogP contribution in [0.25, 0.3) is 11.4 Å². The molecule has 154 valence electrons. The van der Waals surface area contributed by atoms with Crippen molar-refractivity contribution >= 4 is 17.5 Å². The van der Waals surface area contributed by atoms with E-state index in [1.54, 1.807) is 0 Å². The minimum atomic E-state index is -0.0584. The molecule has 3 aromatic rings. The predicted octanol–water partition coefficient (Wildman–Crippen LogP) is 4.42. The standard InChI is InChI=1S/C24H27N5O/c1-17-8-7-9-20(16-17)22-25-19(3)18(2)23(27-22)28-12-14-29(15-13-28)24(30)26-21-10-5-4-6-11-21/h4-11,16H,12-15H2,1-3H3,(H,26,30). The van der Waals surface area contributed by atoms with Gasteiger partial charge in [0.05, 0.1) is 0 Å². The smallest absolute Gasteiger partial charge is 0.321 e. The lowest BCUT2D eigenvalue weighted by Gasteiger charge is -2.36. The zero-order valence-corrected chi connectivity index (χ0v) is 17.7. The highest BCUT2D eigenvalue weighted by Gasteiger charge is 2.24. The molecule has 4 rings (SSSR count). The first-order chi connectivity index (χ1) is 14.5. The van der Waals surface area contributed by atoms with Gasteiger partial charge in [-0.2, -0.15) is 0 Å². The van der Waals surface area contributed by atoms with Gasteiger partial charge in [0.25, 0.3) is 0 Å². The molecule has 0 saturated carbocycles. The maximum absolute atomic E-state index is 12.6. The molecule has 6 nitrogen and oxygen atoms in total. The van der Waals surface area contributed by atoms with E-state index >= 15 is 0 Å². The van der Waals surface area contributed by atoms with E-state index in [0.29, 0.717) is 13.1 Å². The van der Waals surface area contributed by atoms with Gasteiger partial charge in [0.15, 0.2) is 5.82 Å². The van der Waals surface area contributed by atoms with Crippen LogP contribution in [0.4, 0.5) is 16.3 Å². The quantitative estimate of drug-likeness (QED) is 0.706. The van der Waals surface area contributed by atoms with Gasteiger partial charge in [-0.1, -0.05) is 42.0 Å².